The van der Waals surface area contributed by atoms with E-state index in [0.717, 1.165) is 10.4 Å². The molecule has 102 valence electrons. The highest BCUT2D eigenvalue weighted by molar-refractivity contribution is 7.19. The van der Waals surface area contributed by atoms with Gasteiger partial charge in [0.1, 0.15) is 5.76 Å². The molecule has 0 saturated heterocycles. The lowest BCUT2D eigenvalue weighted by atomic mass is 10.2. The smallest absolute Gasteiger partial charge is 0.260 e. The normalized spacial score (nSPS) is 11.0. The quantitative estimate of drug-likeness (QED) is 0.570. The van der Waals surface area contributed by atoms with E-state index in [1.807, 2.05) is 36.4 Å². The van der Waals surface area contributed by atoms with Gasteiger partial charge in [-0.1, -0.05) is 41.7 Å². The van der Waals surface area contributed by atoms with Gasteiger partial charge in [-0.2, -0.15) is 0 Å². The number of rotatable bonds is 2. The number of hydrogen-bond donors (Lipinski definition) is 0. The zero-order chi connectivity index (χ0) is 14.2. The van der Waals surface area contributed by atoms with Crippen LogP contribution in [0.2, 0.25) is 0 Å². The summed E-state index contributed by atoms with van der Waals surface area (Å²) < 4.78 is 6.85. The van der Waals surface area contributed by atoms with Crippen LogP contribution < -0.4 is 5.56 Å². The third-order valence-corrected chi connectivity index (χ3v) is 4.09. The molecule has 3 aromatic heterocycles. The summed E-state index contributed by atoms with van der Waals surface area (Å²) in [4.78, 5) is 13.7. The number of aromatic nitrogens is 3. The second-order valence-electron chi connectivity index (χ2n) is 4.43. The van der Waals surface area contributed by atoms with E-state index in [1.165, 1.54) is 15.7 Å². The fraction of sp³-hybridized carbons (Fsp3) is 0. The Labute approximate surface area is 123 Å². The summed E-state index contributed by atoms with van der Waals surface area (Å²) in [5.74, 6) is 1.21. The molecular weight excluding hydrogens is 286 g/mol. The molecule has 0 aliphatic carbocycles. The maximum atomic E-state index is 12.4. The van der Waals surface area contributed by atoms with Crippen LogP contribution in [0.15, 0.2) is 64.0 Å². The van der Waals surface area contributed by atoms with Gasteiger partial charge in [-0.15, -0.1) is 10.2 Å². The van der Waals surface area contributed by atoms with Crippen LogP contribution in [0.25, 0.3) is 27.0 Å². The molecule has 0 radical (unpaired) electrons. The van der Waals surface area contributed by atoms with E-state index in [-0.39, 0.29) is 5.56 Å². The van der Waals surface area contributed by atoms with Crippen LogP contribution in [0.1, 0.15) is 0 Å². The zero-order valence-corrected chi connectivity index (χ0v) is 11.6. The number of furan rings is 1. The van der Waals surface area contributed by atoms with E-state index in [9.17, 15) is 4.79 Å². The summed E-state index contributed by atoms with van der Waals surface area (Å²) in [6.45, 7) is 0. The van der Waals surface area contributed by atoms with Gasteiger partial charge in [0.25, 0.3) is 5.56 Å². The highest BCUT2D eigenvalue weighted by Crippen LogP contribution is 2.26. The second-order valence-corrected chi connectivity index (χ2v) is 5.44. The largest absolute Gasteiger partial charge is 0.464 e. The summed E-state index contributed by atoms with van der Waals surface area (Å²) in [5.41, 5.74) is 0.694. The first-order valence-electron chi connectivity index (χ1n) is 6.31. The van der Waals surface area contributed by atoms with Crippen LogP contribution in [0.5, 0.6) is 0 Å². The van der Waals surface area contributed by atoms with Crippen LogP contribution in [0, 0.1) is 0 Å². The van der Waals surface area contributed by atoms with Crippen LogP contribution in [0.3, 0.4) is 0 Å². The van der Waals surface area contributed by atoms with Crippen LogP contribution in [-0.4, -0.2) is 14.6 Å². The summed E-state index contributed by atoms with van der Waals surface area (Å²) in [6.07, 6.45) is 1.58. The third kappa shape index (κ3) is 1.96. The molecule has 4 aromatic rings. The van der Waals surface area contributed by atoms with Gasteiger partial charge < -0.3 is 4.42 Å². The summed E-state index contributed by atoms with van der Waals surface area (Å²) >= 11 is 1.37. The van der Waals surface area contributed by atoms with Gasteiger partial charge in [-0.3, -0.25) is 4.79 Å². The van der Waals surface area contributed by atoms with E-state index in [0.29, 0.717) is 16.5 Å². The lowest BCUT2D eigenvalue weighted by Crippen LogP contribution is -2.11. The number of benzene rings is 1. The van der Waals surface area contributed by atoms with Gasteiger partial charge >= 0.3 is 0 Å². The summed E-state index contributed by atoms with van der Waals surface area (Å²) in [7, 11) is 0. The van der Waals surface area contributed by atoms with E-state index in [1.54, 1.807) is 18.4 Å². The molecule has 0 aliphatic rings. The Morgan fingerprint density at radius 1 is 1.05 bits per heavy atom. The molecule has 6 heteroatoms. The monoisotopic (exact) mass is 295 g/mol. The molecule has 5 nitrogen and oxygen atoms in total. The number of fused-ring (bicyclic) bond motifs is 1. The molecular formula is C15H9N3O2S. The molecule has 21 heavy (non-hydrogen) atoms. The fourth-order valence-electron chi connectivity index (χ4n) is 2.15. The van der Waals surface area contributed by atoms with Crippen molar-refractivity contribution in [2.24, 2.45) is 0 Å². The van der Waals surface area contributed by atoms with Crippen molar-refractivity contribution in [2.75, 3.05) is 0 Å². The lowest BCUT2D eigenvalue weighted by Gasteiger charge is -1.99. The second kappa shape index (κ2) is 4.68. The zero-order valence-electron chi connectivity index (χ0n) is 10.8. The molecule has 0 atom stereocenters. The maximum absolute atomic E-state index is 12.4. The van der Waals surface area contributed by atoms with E-state index in [4.69, 9.17) is 4.42 Å². The topological polar surface area (TPSA) is 60.4 Å². The molecule has 0 bridgehead atoms. The Bertz CT molecular complexity index is 956. The summed E-state index contributed by atoms with van der Waals surface area (Å²) in [5, 5.41) is 8.26. The first kappa shape index (κ1) is 12.0. The molecule has 0 unspecified atom stereocenters. The number of nitrogens with zero attached hydrogens (tertiary/aromatic N) is 3. The van der Waals surface area contributed by atoms with Crippen molar-refractivity contribution in [2.45, 2.75) is 0 Å². The predicted octanol–water partition coefficient (Wildman–Crippen LogP) is 3.08. The lowest BCUT2D eigenvalue weighted by molar-refractivity contribution is 0.583. The van der Waals surface area contributed by atoms with Crippen molar-refractivity contribution in [3.63, 3.8) is 0 Å². The Kier molecular flexibility index (Phi) is 2.68. The Balaban J connectivity index is 1.96. The van der Waals surface area contributed by atoms with Gasteiger partial charge in [-0.25, -0.2) is 4.40 Å². The standard InChI is InChI=1S/C15H9N3O2S/c19-13-9-12(11-7-4-8-20-11)21-15-17-16-14(18(13)15)10-5-2-1-3-6-10/h1-9H. The van der Waals surface area contributed by atoms with Crippen LogP contribution >= 0.6 is 11.3 Å². The molecule has 0 N–H and O–H groups in total. The van der Waals surface area contributed by atoms with Gasteiger partial charge in [0.15, 0.2) is 5.82 Å². The van der Waals surface area contributed by atoms with E-state index >= 15 is 0 Å². The molecule has 0 spiro atoms. The highest BCUT2D eigenvalue weighted by Gasteiger charge is 2.13. The first-order valence-corrected chi connectivity index (χ1v) is 7.13. The van der Waals surface area contributed by atoms with Gasteiger partial charge in [-0.05, 0) is 12.1 Å². The Morgan fingerprint density at radius 3 is 2.67 bits per heavy atom. The van der Waals surface area contributed by atoms with Crippen molar-refractivity contribution >= 4 is 16.3 Å². The van der Waals surface area contributed by atoms with Gasteiger partial charge in [0, 0.05) is 11.6 Å². The van der Waals surface area contributed by atoms with Crippen molar-refractivity contribution in [3.8, 4) is 22.0 Å². The Morgan fingerprint density at radius 2 is 1.90 bits per heavy atom. The highest BCUT2D eigenvalue weighted by atomic mass is 32.1. The molecule has 0 saturated carbocycles. The van der Waals surface area contributed by atoms with Crippen LogP contribution in [0.4, 0.5) is 0 Å². The molecule has 0 fully saturated rings. The molecule has 0 aliphatic heterocycles. The minimum atomic E-state index is -0.168. The average molecular weight is 295 g/mol. The average Bonchev–Trinajstić information content (AvgIpc) is 3.17. The van der Waals surface area contributed by atoms with E-state index < -0.39 is 0 Å². The predicted molar refractivity (Wildman–Crippen MR) is 80.3 cm³/mol. The first-order chi connectivity index (χ1) is 10.3. The van der Waals surface area contributed by atoms with Gasteiger partial charge in [0.2, 0.25) is 4.96 Å². The van der Waals surface area contributed by atoms with Gasteiger partial charge in [0.05, 0.1) is 11.1 Å². The molecule has 1 aromatic carbocycles. The van der Waals surface area contributed by atoms with E-state index in [2.05, 4.69) is 10.2 Å². The van der Waals surface area contributed by atoms with Crippen molar-refractivity contribution in [1.82, 2.24) is 14.6 Å². The number of hydrogen-bond acceptors (Lipinski definition) is 5. The van der Waals surface area contributed by atoms with Crippen molar-refractivity contribution in [3.05, 3.63) is 65.1 Å². The summed E-state index contributed by atoms with van der Waals surface area (Å²) in [6, 6.07) is 14.7. The van der Waals surface area contributed by atoms with Crippen molar-refractivity contribution < 1.29 is 4.42 Å². The maximum Gasteiger partial charge on any atom is 0.260 e. The third-order valence-electron chi connectivity index (χ3n) is 3.11. The fourth-order valence-corrected chi connectivity index (χ4v) is 3.08. The van der Waals surface area contributed by atoms with Crippen LogP contribution in [-0.2, 0) is 0 Å². The Hall–Kier alpha value is -2.73. The molecule has 0 amide bonds. The minimum Gasteiger partial charge on any atom is -0.464 e. The molecule has 3 heterocycles. The minimum absolute atomic E-state index is 0.168. The SMILES string of the molecule is O=c1cc(-c2ccco2)sc2nnc(-c3ccccc3)n12. The molecule has 4 rings (SSSR count). The van der Waals surface area contributed by atoms with Crippen molar-refractivity contribution in [1.29, 1.82) is 0 Å².